The van der Waals surface area contributed by atoms with E-state index in [2.05, 4.69) is 20.6 Å². The molecule has 0 aliphatic heterocycles. The van der Waals surface area contributed by atoms with Gasteiger partial charge in [-0.2, -0.15) is 0 Å². The Bertz CT molecular complexity index is 622. The van der Waals surface area contributed by atoms with Crippen LogP contribution in [0.15, 0.2) is 11.6 Å². The average Bonchev–Trinajstić information content (AvgIpc) is 2.96. The van der Waals surface area contributed by atoms with E-state index in [1.807, 2.05) is 0 Å². The molecule has 106 valence electrons. The second-order valence-corrected chi connectivity index (χ2v) is 4.82. The van der Waals surface area contributed by atoms with Crippen LogP contribution >= 0.6 is 11.3 Å². The molecule has 2 heterocycles. The fraction of sp³-hybridized carbons (Fsp3) is 0.300. The van der Waals surface area contributed by atoms with Gasteiger partial charge in [0.2, 0.25) is 5.91 Å². The smallest absolute Gasteiger partial charge is 0.325 e. The quantitative estimate of drug-likeness (QED) is 0.638. The van der Waals surface area contributed by atoms with Crippen LogP contribution in [0.3, 0.4) is 0 Å². The van der Waals surface area contributed by atoms with Gasteiger partial charge in [0.1, 0.15) is 12.2 Å². The molecule has 20 heavy (non-hydrogen) atoms. The Labute approximate surface area is 117 Å². The second kappa shape index (κ2) is 6.10. The third kappa shape index (κ3) is 4.02. The Morgan fingerprint density at radius 2 is 2.25 bits per heavy atom. The van der Waals surface area contributed by atoms with E-state index in [4.69, 9.17) is 10.8 Å². The van der Waals surface area contributed by atoms with Gasteiger partial charge in [0.25, 0.3) is 0 Å². The van der Waals surface area contributed by atoms with Crippen LogP contribution in [0.25, 0.3) is 0 Å². The van der Waals surface area contributed by atoms with Gasteiger partial charge in [-0.1, -0.05) is 5.21 Å². The average molecular weight is 296 g/mol. The van der Waals surface area contributed by atoms with Gasteiger partial charge < -0.3 is 16.2 Å². The molecule has 0 aliphatic rings. The van der Waals surface area contributed by atoms with Crippen LogP contribution < -0.4 is 11.1 Å². The van der Waals surface area contributed by atoms with E-state index in [1.165, 1.54) is 22.2 Å². The molecule has 0 bridgehead atoms. The minimum absolute atomic E-state index is 0.136. The molecule has 0 fully saturated rings. The van der Waals surface area contributed by atoms with Crippen molar-refractivity contribution in [3.8, 4) is 0 Å². The first-order chi connectivity index (χ1) is 9.52. The van der Waals surface area contributed by atoms with Crippen molar-refractivity contribution in [2.24, 2.45) is 0 Å². The maximum Gasteiger partial charge on any atom is 0.325 e. The standard InChI is InChI=1S/C10H12N6O3S/c11-10-13-6(5-20-10)1-8(17)12-2-7-3-16(15-14-7)4-9(18)19/h3,5H,1-2,4H2,(H2,11,13)(H,12,17)(H,18,19). The summed E-state index contributed by atoms with van der Waals surface area (Å²) in [6, 6.07) is 0. The van der Waals surface area contributed by atoms with E-state index in [9.17, 15) is 9.59 Å². The number of carbonyl (C=O) groups is 2. The summed E-state index contributed by atoms with van der Waals surface area (Å²) in [6.07, 6.45) is 1.60. The Kier molecular flexibility index (Phi) is 4.25. The van der Waals surface area contributed by atoms with Crippen LogP contribution in [0, 0.1) is 0 Å². The zero-order chi connectivity index (χ0) is 14.5. The van der Waals surface area contributed by atoms with Gasteiger partial charge in [0, 0.05) is 5.38 Å². The Balaban J connectivity index is 1.81. The predicted octanol–water partition coefficient (Wildman–Crippen LogP) is -0.740. The van der Waals surface area contributed by atoms with Gasteiger partial charge in [-0.15, -0.1) is 16.4 Å². The van der Waals surface area contributed by atoms with E-state index in [-0.39, 0.29) is 25.4 Å². The van der Waals surface area contributed by atoms with Crippen LogP contribution in [0.2, 0.25) is 0 Å². The molecular weight excluding hydrogens is 284 g/mol. The van der Waals surface area contributed by atoms with Crippen LogP contribution in [-0.4, -0.2) is 37.0 Å². The highest BCUT2D eigenvalue weighted by Gasteiger charge is 2.08. The number of thiazole rings is 1. The number of nitrogens with one attached hydrogen (secondary N) is 1. The Hall–Kier alpha value is -2.49. The van der Waals surface area contributed by atoms with Crippen molar-refractivity contribution in [2.75, 3.05) is 5.73 Å². The number of aromatic nitrogens is 4. The Morgan fingerprint density at radius 1 is 1.45 bits per heavy atom. The van der Waals surface area contributed by atoms with Crippen molar-refractivity contribution >= 4 is 28.3 Å². The van der Waals surface area contributed by atoms with E-state index >= 15 is 0 Å². The molecule has 1 amide bonds. The van der Waals surface area contributed by atoms with Crippen molar-refractivity contribution < 1.29 is 14.7 Å². The van der Waals surface area contributed by atoms with Gasteiger partial charge in [-0.3, -0.25) is 9.59 Å². The molecule has 0 spiro atoms. The topological polar surface area (TPSA) is 136 Å². The third-order valence-electron chi connectivity index (χ3n) is 2.26. The number of nitrogens with two attached hydrogens (primary N) is 1. The van der Waals surface area contributed by atoms with Gasteiger partial charge in [0.15, 0.2) is 5.13 Å². The summed E-state index contributed by atoms with van der Waals surface area (Å²) in [6.45, 7) is -0.0862. The summed E-state index contributed by atoms with van der Waals surface area (Å²) >= 11 is 1.28. The fourth-order valence-electron chi connectivity index (χ4n) is 1.46. The maximum absolute atomic E-state index is 11.6. The Morgan fingerprint density at radius 3 is 2.90 bits per heavy atom. The summed E-state index contributed by atoms with van der Waals surface area (Å²) in [5, 5.41) is 20.8. The third-order valence-corrected chi connectivity index (χ3v) is 2.98. The first kappa shape index (κ1) is 13.9. The normalized spacial score (nSPS) is 10.4. The van der Waals surface area contributed by atoms with E-state index in [1.54, 1.807) is 5.38 Å². The van der Waals surface area contributed by atoms with E-state index in [0.717, 1.165) is 0 Å². The van der Waals surface area contributed by atoms with Crippen molar-refractivity contribution in [1.82, 2.24) is 25.3 Å². The number of hydrogen-bond acceptors (Lipinski definition) is 7. The van der Waals surface area contributed by atoms with E-state index < -0.39 is 5.97 Å². The zero-order valence-electron chi connectivity index (χ0n) is 10.3. The van der Waals surface area contributed by atoms with Crippen molar-refractivity contribution in [3.05, 3.63) is 23.0 Å². The fourth-order valence-corrected chi connectivity index (χ4v) is 2.02. The summed E-state index contributed by atoms with van der Waals surface area (Å²) in [5.74, 6) is -1.23. The first-order valence-corrected chi connectivity index (χ1v) is 6.48. The van der Waals surface area contributed by atoms with Gasteiger partial charge in [-0.05, 0) is 0 Å². The minimum atomic E-state index is -1.01. The summed E-state index contributed by atoms with van der Waals surface area (Å²) in [5.41, 5.74) is 6.56. The molecule has 0 aliphatic carbocycles. The molecule has 0 radical (unpaired) electrons. The number of anilines is 1. The minimum Gasteiger partial charge on any atom is -0.480 e. The molecule has 10 heteroatoms. The van der Waals surface area contributed by atoms with Crippen LogP contribution in [-0.2, 0) is 29.1 Å². The molecule has 9 nitrogen and oxygen atoms in total. The molecule has 2 rings (SSSR count). The number of nitrogen functional groups attached to an aromatic ring is 1. The number of rotatable bonds is 6. The summed E-state index contributed by atoms with van der Waals surface area (Å²) < 4.78 is 1.19. The lowest BCUT2D eigenvalue weighted by atomic mass is 10.3. The molecule has 0 atom stereocenters. The second-order valence-electron chi connectivity index (χ2n) is 3.93. The first-order valence-electron chi connectivity index (χ1n) is 5.60. The highest BCUT2D eigenvalue weighted by molar-refractivity contribution is 7.13. The molecule has 0 unspecified atom stereocenters. The molecule has 0 saturated heterocycles. The van der Waals surface area contributed by atoms with Crippen LogP contribution in [0.4, 0.5) is 5.13 Å². The monoisotopic (exact) mass is 296 g/mol. The SMILES string of the molecule is Nc1nc(CC(=O)NCc2cn(CC(=O)O)nn2)cs1. The number of hydrogen-bond donors (Lipinski definition) is 3. The largest absolute Gasteiger partial charge is 0.480 e. The lowest BCUT2D eigenvalue weighted by Gasteiger charge is -2.00. The number of carboxylic acid groups (broad SMARTS) is 1. The highest BCUT2D eigenvalue weighted by atomic mass is 32.1. The van der Waals surface area contributed by atoms with Crippen molar-refractivity contribution in [2.45, 2.75) is 19.5 Å². The molecule has 0 aromatic carbocycles. The number of carbonyl (C=O) groups excluding carboxylic acids is 1. The molecular formula is C10H12N6O3S. The van der Waals surface area contributed by atoms with Gasteiger partial charge in [-0.25, -0.2) is 9.67 Å². The molecule has 2 aromatic heterocycles. The highest BCUT2D eigenvalue weighted by Crippen LogP contribution is 2.11. The number of aliphatic carboxylic acids is 1. The lowest BCUT2D eigenvalue weighted by Crippen LogP contribution is -2.24. The number of amides is 1. The molecule has 0 saturated carbocycles. The maximum atomic E-state index is 11.6. The summed E-state index contributed by atoms with van der Waals surface area (Å²) in [7, 11) is 0. The van der Waals surface area contributed by atoms with Gasteiger partial charge in [0.05, 0.1) is 24.9 Å². The predicted molar refractivity (Wildman–Crippen MR) is 69.7 cm³/mol. The van der Waals surface area contributed by atoms with Crippen LogP contribution in [0.5, 0.6) is 0 Å². The number of carboxylic acids is 1. The molecule has 2 aromatic rings. The van der Waals surface area contributed by atoms with Crippen molar-refractivity contribution in [3.63, 3.8) is 0 Å². The lowest BCUT2D eigenvalue weighted by molar-refractivity contribution is -0.138. The van der Waals surface area contributed by atoms with Crippen LogP contribution in [0.1, 0.15) is 11.4 Å². The number of nitrogens with zero attached hydrogens (tertiary/aromatic N) is 4. The van der Waals surface area contributed by atoms with Crippen molar-refractivity contribution in [1.29, 1.82) is 0 Å². The van der Waals surface area contributed by atoms with Gasteiger partial charge >= 0.3 is 5.97 Å². The molecule has 4 N–H and O–H groups in total. The zero-order valence-corrected chi connectivity index (χ0v) is 11.1. The summed E-state index contributed by atoms with van der Waals surface area (Å²) in [4.78, 5) is 26.1. The van der Waals surface area contributed by atoms with E-state index in [0.29, 0.717) is 16.5 Å².